The maximum absolute atomic E-state index is 13.1. The number of hydrogen-bond acceptors (Lipinski definition) is 3. The second kappa shape index (κ2) is 6.71. The highest BCUT2D eigenvalue weighted by molar-refractivity contribution is 5.90. The Bertz CT molecular complexity index is 457. The predicted molar refractivity (Wildman–Crippen MR) is 81.3 cm³/mol. The first-order valence-electron chi connectivity index (χ1n) is 8.05. The van der Waals surface area contributed by atoms with E-state index in [1.807, 2.05) is 18.2 Å². The molecular weight excluding hydrogens is 264 g/mol. The summed E-state index contributed by atoms with van der Waals surface area (Å²) in [5, 5.41) is 0. The van der Waals surface area contributed by atoms with Gasteiger partial charge in [-0.25, -0.2) is 0 Å². The molecule has 2 saturated heterocycles. The lowest BCUT2D eigenvalue weighted by atomic mass is 9.68. The molecule has 0 spiro atoms. The molecule has 3 nitrogen and oxygen atoms in total. The molecule has 2 aliphatic heterocycles. The van der Waals surface area contributed by atoms with E-state index in [0.717, 1.165) is 38.9 Å². The topological polar surface area (TPSA) is 35.5 Å². The number of Topliss-reactive ketones (excluding diaryl/α,β-unsaturated/α-hetero) is 1. The summed E-state index contributed by atoms with van der Waals surface area (Å²) >= 11 is 0. The zero-order valence-electron chi connectivity index (χ0n) is 12.6. The van der Waals surface area contributed by atoms with E-state index >= 15 is 0 Å². The predicted octanol–water partition coefficient (Wildman–Crippen LogP) is 3.12. The molecule has 0 aliphatic carbocycles. The minimum atomic E-state index is -0.322. The highest BCUT2D eigenvalue weighted by Crippen LogP contribution is 2.38. The number of ketones is 1. The van der Waals surface area contributed by atoms with Gasteiger partial charge >= 0.3 is 0 Å². The SMILES string of the molecule is O=C(CC1CCOCC1)C1(c2ccccc2)CCOCC1. The molecule has 2 heterocycles. The zero-order valence-corrected chi connectivity index (χ0v) is 12.6. The lowest BCUT2D eigenvalue weighted by Crippen LogP contribution is -2.42. The summed E-state index contributed by atoms with van der Waals surface area (Å²) in [4.78, 5) is 13.1. The van der Waals surface area contributed by atoms with Crippen molar-refractivity contribution in [3.63, 3.8) is 0 Å². The molecule has 0 amide bonds. The van der Waals surface area contributed by atoms with Crippen LogP contribution in [-0.4, -0.2) is 32.2 Å². The zero-order chi connectivity index (χ0) is 14.5. The average molecular weight is 288 g/mol. The van der Waals surface area contributed by atoms with E-state index in [2.05, 4.69) is 12.1 Å². The number of carbonyl (C=O) groups excluding carboxylic acids is 1. The van der Waals surface area contributed by atoms with Gasteiger partial charge in [0.05, 0.1) is 5.41 Å². The molecule has 0 aromatic heterocycles. The smallest absolute Gasteiger partial charge is 0.143 e. The lowest BCUT2D eigenvalue weighted by molar-refractivity contribution is -0.129. The van der Waals surface area contributed by atoms with Crippen LogP contribution in [0.4, 0.5) is 0 Å². The largest absolute Gasteiger partial charge is 0.381 e. The highest BCUT2D eigenvalue weighted by atomic mass is 16.5. The van der Waals surface area contributed by atoms with Gasteiger partial charge in [-0.1, -0.05) is 30.3 Å². The Morgan fingerprint density at radius 3 is 2.29 bits per heavy atom. The molecule has 0 saturated carbocycles. The fourth-order valence-corrected chi connectivity index (χ4v) is 3.61. The second-order valence-corrected chi connectivity index (χ2v) is 6.24. The van der Waals surface area contributed by atoms with Crippen molar-refractivity contribution in [2.75, 3.05) is 26.4 Å². The summed E-state index contributed by atoms with van der Waals surface area (Å²) < 4.78 is 10.9. The summed E-state index contributed by atoms with van der Waals surface area (Å²) in [7, 11) is 0. The average Bonchev–Trinajstić information content (AvgIpc) is 2.57. The number of hydrogen-bond donors (Lipinski definition) is 0. The Hall–Kier alpha value is -1.19. The van der Waals surface area contributed by atoms with Crippen LogP contribution in [0.2, 0.25) is 0 Å². The maximum atomic E-state index is 13.1. The minimum absolute atomic E-state index is 0.322. The van der Waals surface area contributed by atoms with Gasteiger partial charge in [-0.3, -0.25) is 4.79 Å². The number of rotatable bonds is 4. The van der Waals surface area contributed by atoms with Crippen LogP contribution in [-0.2, 0) is 19.7 Å². The van der Waals surface area contributed by atoms with Crippen LogP contribution in [0, 0.1) is 5.92 Å². The maximum Gasteiger partial charge on any atom is 0.143 e. The molecule has 0 unspecified atom stereocenters. The van der Waals surface area contributed by atoms with E-state index < -0.39 is 0 Å². The molecule has 21 heavy (non-hydrogen) atoms. The Morgan fingerprint density at radius 1 is 1.00 bits per heavy atom. The summed E-state index contributed by atoms with van der Waals surface area (Å²) in [5.41, 5.74) is 0.850. The van der Waals surface area contributed by atoms with Gasteiger partial charge in [-0.2, -0.15) is 0 Å². The van der Waals surface area contributed by atoms with Crippen molar-refractivity contribution in [1.82, 2.24) is 0 Å². The van der Waals surface area contributed by atoms with Gasteiger partial charge in [0.2, 0.25) is 0 Å². The number of benzene rings is 1. The molecule has 0 N–H and O–H groups in total. The van der Waals surface area contributed by atoms with Crippen LogP contribution in [0.3, 0.4) is 0 Å². The molecule has 0 bridgehead atoms. The first-order chi connectivity index (χ1) is 10.3. The molecule has 1 aromatic carbocycles. The van der Waals surface area contributed by atoms with E-state index in [-0.39, 0.29) is 5.41 Å². The van der Waals surface area contributed by atoms with Crippen molar-refractivity contribution >= 4 is 5.78 Å². The van der Waals surface area contributed by atoms with Crippen molar-refractivity contribution in [2.45, 2.75) is 37.5 Å². The van der Waals surface area contributed by atoms with Crippen molar-refractivity contribution < 1.29 is 14.3 Å². The fraction of sp³-hybridized carbons (Fsp3) is 0.611. The van der Waals surface area contributed by atoms with Gasteiger partial charge in [0.15, 0.2) is 0 Å². The van der Waals surface area contributed by atoms with Crippen LogP contribution in [0.15, 0.2) is 30.3 Å². The Kier molecular flexibility index (Phi) is 4.71. The molecule has 1 aromatic rings. The molecule has 114 valence electrons. The third-order valence-electron chi connectivity index (χ3n) is 5.02. The van der Waals surface area contributed by atoms with Gasteiger partial charge in [-0.15, -0.1) is 0 Å². The van der Waals surface area contributed by atoms with Crippen LogP contribution in [0.25, 0.3) is 0 Å². The van der Waals surface area contributed by atoms with Crippen LogP contribution >= 0.6 is 0 Å². The standard InChI is InChI=1S/C18H24O3/c19-17(14-15-6-10-20-11-7-15)18(8-12-21-13-9-18)16-4-2-1-3-5-16/h1-5,15H,6-14H2. The van der Waals surface area contributed by atoms with Crippen molar-refractivity contribution in [1.29, 1.82) is 0 Å². The van der Waals surface area contributed by atoms with Crippen LogP contribution in [0.1, 0.15) is 37.7 Å². The molecule has 3 rings (SSSR count). The minimum Gasteiger partial charge on any atom is -0.381 e. The van der Waals surface area contributed by atoms with E-state index in [0.29, 0.717) is 31.3 Å². The molecule has 0 radical (unpaired) electrons. The Labute approximate surface area is 126 Å². The normalized spacial score (nSPS) is 22.9. The Balaban J connectivity index is 1.79. The van der Waals surface area contributed by atoms with E-state index in [9.17, 15) is 4.79 Å². The molecule has 3 heteroatoms. The third kappa shape index (κ3) is 3.19. The summed E-state index contributed by atoms with van der Waals surface area (Å²) in [6.45, 7) is 2.99. The van der Waals surface area contributed by atoms with E-state index in [4.69, 9.17) is 9.47 Å². The van der Waals surface area contributed by atoms with Crippen LogP contribution < -0.4 is 0 Å². The Morgan fingerprint density at radius 2 is 1.62 bits per heavy atom. The number of carbonyl (C=O) groups is 1. The van der Waals surface area contributed by atoms with Gasteiger partial charge < -0.3 is 9.47 Å². The highest BCUT2D eigenvalue weighted by Gasteiger charge is 2.41. The molecule has 2 fully saturated rings. The molecule has 0 atom stereocenters. The second-order valence-electron chi connectivity index (χ2n) is 6.24. The van der Waals surface area contributed by atoms with Crippen molar-refractivity contribution in [3.05, 3.63) is 35.9 Å². The third-order valence-corrected chi connectivity index (χ3v) is 5.02. The lowest BCUT2D eigenvalue weighted by Gasteiger charge is -2.37. The van der Waals surface area contributed by atoms with Crippen LogP contribution in [0.5, 0.6) is 0 Å². The van der Waals surface area contributed by atoms with E-state index in [1.54, 1.807) is 0 Å². The summed E-state index contributed by atoms with van der Waals surface area (Å²) in [5.74, 6) is 0.901. The van der Waals surface area contributed by atoms with Gasteiger partial charge in [0.25, 0.3) is 0 Å². The monoisotopic (exact) mass is 288 g/mol. The molecule has 2 aliphatic rings. The van der Waals surface area contributed by atoms with Crippen molar-refractivity contribution in [2.24, 2.45) is 5.92 Å². The molecular formula is C18H24O3. The van der Waals surface area contributed by atoms with Gasteiger partial charge in [0, 0.05) is 32.8 Å². The summed E-state index contributed by atoms with van der Waals surface area (Å²) in [6.07, 6.45) is 4.37. The first-order valence-corrected chi connectivity index (χ1v) is 8.05. The first kappa shape index (κ1) is 14.7. The van der Waals surface area contributed by atoms with E-state index in [1.165, 1.54) is 5.56 Å². The summed E-state index contributed by atoms with van der Waals surface area (Å²) in [6, 6.07) is 10.3. The van der Waals surface area contributed by atoms with Gasteiger partial charge in [0.1, 0.15) is 5.78 Å². The van der Waals surface area contributed by atoms with Crippen molar-refractivity contribution in [3.8, 4) is 0 Å². The number of ether oxygens (including phenoxy) is 2. The quantitative estimate of drug-likeness (QED) is 0.854. The van der Waals surface area contributed by atoms with Gasteiger partial charge in [-0.05, 0) is 37.2 Å². The fourth-order valence-electron chi connectivity index (χ4n) is 3.61.